The monoisotopic (exact) mass is 555 g/mol. The van der Waals surface area contributed by atoms with E-state index in [4.69, 9.17) is 16.3 Å². The zero-order valence-electron chi connectivity index (χ0n) is 22.1. The largest absolute Gasteiger partial charge is 0.489 e. The van der Waals surface area contributed by atoms with Crippen molar-refractivity contribution in [2.24, 2.45) is 0 Å². The van der Waals surface area contributed by atoms with Crippen LogP contribution in [0.1, 0.15) is 62.0 Å². The standard InChI is InChI=1S/C33H30ClNO5/c34-23-10-4-2-8-21(23)19-40-28-16-15-20-7-1-3-9-22(20)30(28)33-31-24(11-5-13-26(31)36)35(18-17-29(38)39)25-12-6-14-27(37)32(25)33/h1-4,7-10,15-16,33H,5-6,11-14,17-19H2,(H,38,39). The van der Waals surface area contributed by atoms with Gasteiger partial charge in [-0.25, -0.2) is 0 Å². The molecule has 40 heavy (non-hydrogen) atoms. The van der Waals surface area contributed by atoms with Gasteiger partial charge in [-0.15, -0.1) is 0 Å². The average molecular weight is 556 g/mol. The zero-order valence-corrected chi connectivity index (χ0v) is 22.9. The fraction of sp³-hybridized carbons (Fsp3) is 0.303. The van der Waals surface area contributed by atoms with Crippen LogP contribution in [0.4, 0.5) is 0 Å². The maximum absolute atomic E-state index is 13.8. The number of ketones is 2. The number of nitrogens with zero attached hydrogens (tertiary/aromatic N) is 1. The molecule has 3 aromatic rings. The van der Waals surface area contributed by atoms with Crippen molar-refractivity contribution < 1.29 is 24.2 Å². The lowest BCUT2D eigenvalue weighted by Gasteiger charge is -2.44. The van der Waals surface area contributed by atoms with Crippen molar-refractivity contribution in [2.45, 2.75) is 57.5 Å². The SMILES string of the molecule is O=C(O)CCN1C2=C(C(=O)CCC2)C(c2c(OCc3ccccc3Cl)ccc3ccccc23)C2=C1CCCC2=O. The van der Waals surface area contributed by atoms with Crippen LogP contribution < -0.4 is 4.74 Å². The molecule has 204 valence electrons. The fourth-order valence-corrected chi connectivity index (χ4v) is 6.64. The van der Waals surface area contributed by atoms with Crippen LogP contribution in [0.3, 0.4) is 0 Å². The molecule has 0 radical (unpaired) electrons. The number of hydrogen-bond acceptors (Lipinski definition) is 5. The molecule has 1 N–H and O–H groups in total. The predicted octanol–water partition coefficient (Wildman–Crippen LogP) is 6.96. The summed E-state index contributed by atoms with van der Waals surface area (Å²) >= 11 is 6.43. The first-order valence-corrected chi connectivity index (χ1v) is 14.2. The summed E-state index contributed by atoms with van der Waals surface area (Å²) in [5, 5.41) is 12.0. The zero-order chi connectivity index (χ0) is 27.8. The quantitative estimate of drug-likeness (QED) is 0.339. The van der Waals surface area contributed by atoms with Gasteiger partial charge in [0.05, 0.1) is 6.42 Å². The van der Waals surface area contributed by atoms with Gasteiger partial charge in [0, 0.05) is 64.0 Å². The van der Waals surface area contributed by atoms with Gasteiger partial charge in [0.1, 0.15) is 12.4 Å². The Morgan fingerprint density at radius 1 is 0.875 bits per heavy atom. The van der Waals surface area contributed by atoms with Crippen LogP contribution >= 0.6 is 11.6 Å². The molecule has 0 atom stereocenters. The molecule has 2 aliphatic carbocycles. The molecular formula is C33H30ClNO5. The van der Waals surface area contributed by atoms with E-state index in [9.17, 15) is 19.5 Å². The van der Waals surface area contributed by atoms with Crippen LogP contribution in [-0.4, -0.2) is 34.1 Å². The Morgan fingerprint density at radius 3 is 2.20 bits per heavy atom. The van der Waals surface area contributed by atoms with E-state index in [1.807, 2.05) is 65.6 Å². The van der Waals surface area contributed by atoms with Crippen molar-refractivity contribution in [3.05, 3.63) is 99.4 Å². The smallest absolute Gasteiger partial charge is 0.305 e. The highest BCUT2D eigenvalue weighted by Crippen LogP contribution is 2.52. The summed E-state index contributed by atoms with van der Waals surface area (Å²) in [5.74, 6) is -0.833. The van der Waals surface area contributed by atoms with Gasteiger partial charge in [-0.05, 0) is 48.6 Å². The molecule has 0 saturated heterocycles. The lowest BCUT2D eigenvalue weighted by atomic mass is 9.70. The molecule has 0 unspecified atom stereocenters. The number of carbonyl (C=O) groups excluding carboxylic acids is 2. The van der Waals surface area contributed by atoms with Crippen molar-refractivity contribution >= 4 is 39.9 Å². The molecule has 0 amide bonds. The minimum Gasteiger partial charge on any atom is -0.489 e. The first-order valence-electron chi connectivity index (χ1n) is 13.8. The number of aliphatic carboxylic acids is 1. The second-order valence-corrected chi connectivity index (χ2v) is 11.0. The third kappa shape index (κ3) is 4.71. The molecule has 0 aromatic heterocycles. The summed E-state index contributed by atoms with van der Waals surface area (Å²) in [7, 11) is 0. The molecule has 1 aliphatic heterocycles. The van der Waals surface area contributed by atoms with E-state index in [0.29, 0.717) is 60.4 Å². The second kappa shape index (κ2) is 10.9. The Hall–Kier alpha value is -3.90. The topological polar surface area (TPSA) is 83.9 Å². The van der Waals surface area contributed by atoms with Gasteiger partial charge in [0.15, 0.2) is 11.6 Å². The summed E-state index contributed by atoms with van der Waals surface area (Å²) < 4.78 is 6.46. The van der Waals surface area contributed by atoms with E-state index < -0.39 is 11.9 Å². The summed E-state index contributed by atoms with van der Waals surface area (Å²) in [4.78, 5) is 41.1. The minimum atomic E-state index is -0.903. The maximum Gasteiger partial charge on any atom is 0.305 e. The van der Waals surface area contributed by atoms with Gasteiger partial charge >= 0.3 is 5.97 Å². The van der Waals surface area contributed by atoms with Crippen molar-refractivity contribution in [1.29, 1.82) is 0 Å². The van der Waals surface area contributed by atoms with E-state index >= 15 is 0 Å². The van der Waals surface area contributed by atoms with Crippen LogP contribution in [0.15, 0.2) is 83.2 Å². The summed E-state index contributed by atoms with van der Waals surface area (Å²) in [5.41, 5.74) is 4.61. The minimum absolute atomic E-state index is 0.0153. The van der Waals surface area contributed by atoms with E-state index in [-0.39, 0.29) is 31.1 Å². The summed E-state index contributed by atoms with van der Waals surface area (Å²) in [6.45, 7) is 0.480. The maximum atomic E-state index is 13.8. The lowest BCUT2D eigenvalue weighted by molar-refractivity contribution is -0.137. The highest BCUT2D eigenvalue weighted by atomic mass is 35.5. The molecule has 3 aliphatic rings. The number of carbonyl (C=O) groups is 3. The van der Waals surface area contributed by atoms with Gasteiger partial charge in [-0.3, -0.25) is 14.4 Å². The molecule has 0 saturated carbocycles. The molecule has 3 aromatic carbocycles. The van der Waals surface area contributed by atoms with Gasteiger partial charge in [-0.1, -0.05) is 60.1 Å². The lowest BCUT2D eigenvalue weighted by Crippen LogP contribution is -2.40. The average Bonchev–Trinajstić information content (AvgIpc) is 2.95. The summed E-state index contributed by atoms with van der Waals surface area (Å²) in [6, 6.07) is 19.4. The number of allylic oxidation sites excluding steroid dienone is 4. The van der Waals surface area contributed by atoms with E-state index in [1.54, 1.807) is 0 Å². The van der Waals surface area contributed by atoms with Crippen LogP contribution in [-0.2, 0) is 21.0 Å². The predicted molar refractivity (Wildman–Crippen MR) is 153 cm³/mol. The number of ether oxygens (including phenoxy) is 1. The van der Waals surface area contributed by atoms with Crippen LogP contribution in [0.5, 0.6) is 5.75 Å². The Kier molecular flexibility index (Phi) is 7.20. The number of halogens is 1. The third-order valence-corrected chi connectivity index (χ3v) is 8.56. The number of rotatable bonds is 7. The molecule has 0 spiro atoms. The van der Waals surface area contributed by atoms with Gasteiger partial charge in [0.25, 0.3) is 0 Å². The Morgan fingerprint density at radius 2 is 1.52 bits per heavy atom. The summed E-state index contributed by atoms with van der Waals surface area (Å²) in [6.07, 6.45) is 3.48. The number of Topliss-reactive ketones (excluding diaryl/α,β-unsaturated/α-hetero) is 2. The first kappa shape index (κ1) is 26.3. The van der Waals surface area contributed by atoms with E-state index in [2.05, 4.69) is 0 Å². The van der Waals surface area contributed by atoms with Crippen LogP contribution in [0.25, 0.3) is 10.8 Å². The molecule has 6 nitrogen and oxygen atoms in total. The number of benzene rings is 3. The Labute approximate surface area is 237 Å². The number of hydrogen-bond donors (Lipinski definition) is 1. The molecule has 7 heteroatoms. The van der Waals surface area contributed by atoms with Gasteiger partial charge in [-0.2, -0.15) is 0 Å². The third-order valence-electron chi connectivity index (χ3n) is 8.20. The number of carboxylic acids is 1. The van der Waals surface area contributed by atoms with Crippen molar-refractivity contribution in [1.82, 2.24) is 4.90 Å². The molecule has 6 rings (SSSR count). The van der Waals surface area contributed by atoms with E-state index in [1.165, 1.54) is 0 Å². The van der Waals surface area contributed by atoms with Crippen LogP contribution in [0, 0.1) is 0 Å². The molecule has 0 bridgehead atoms. The van der Waals surface area contributed by atoms with Crippen molar-refractivity contribution in [3.8, 4) is 5.75 Å². The first-order chi connectivity index (χ1) is 19.4. The van der Waals surface area contributed by atoms with E-state index in [0.717, 1.165) is 33.3 Å². The Bertz CT molecular complexity index is 1560. The Balaban J connectivity index is 1.57. The molecular weight excluding hydrogens is 526 g/mol. The van der Waals surface area contributed by atoms with Crippen LogP contribution in [0.2, 0.25) is 5.02 Å². The second-order valence-electron chi connectivity index (χ2n) is 10.6. The number of carboxylic acid groups (broad SMARTS) is 1. The fourth-order valence-electron chi connectivity index (χ4n) is 6.45. The van der Waals surface area contributed by atoms with Crippen molar-refractivity contribution in [2.75, 3.05) is 6.54 Å². The molecule has 1 heterocycles. The number of fused-ring (bicyclic) bond motifs is 1. The van der Waals surface area contributed by atoms with Gasteiger partial charge in [0.2, 0.25) is 0 Å². The van der Waals surface area contributed by atoms with Crippen molar-refractivity contribution in [3.63, 3.8) is 0 Å². The highest BCUT2D eigenvalue weighted by Gasteiger charge is 2.44. The van der Waals surface area contributed by atoms with Gasteiger partial charge < -0.3 is 14.7 Å². The molecule has 0 fully saturated rings. The normalized spacial score (nSPS) is 17.8. The highest BCUT2D eigenvalue weighted by molar-refractivity contribution is 6.31.